The number of hydrogen-bond donors (Lipinski definition) is 2. The van der Waals surface area contributed by atoms with E-state index < -0.39 is 0 Å². The third-order valence-corrected chi connectivity index (χ3v) is 4.53. The first-order chi connectivity index (χ1) is 11.6. The molecular formula is C20H25NO3. The number of nitrogens with zero attached hydrogens (tertiary/aromatic N) is 1. The van der Waals surface area contributed by atoms with Crippen molar-refractivity contribution in [2.75, 3.05) is 26.3 Å². The highest BCUT2D eigenvalue weighted by atomic mass is 16.5. The van der Waals surface area contributed by atoms with E-state index in [-0.39, 0.29) is 18.3 Å². The molecule has 0 aromatic heterocycles. The first-order valence-electron chi connectivity index (χ1n) is 8.46. The lowest BCUT2D eigenvalue weighted by atomic mass is 9.97. The molecule has 1 aliphatic rings. The number of fused-ring (bicyclic) bond motifs is 1. The second kappa shape index (κ2) is 7.24. The lowest BCUT2D eigenvalue weighted by Crippen LogP contribution is -2.31. The van der Waals surface area contributed by atoms with Crippen molar-refractivity contribution in [1.29, 1.82) is 0 Å². The Kier molecular flexibility index (Phi) is 5.07. The molecule has 3 rings (SSSR count). The number of aromatic hydroxyl groups is 1. The van der Waals surface area contributed by atoms with Crippen LogP contribution in [0.15, 0.2) is 36.4 Å². The highest BCUT2D eigenvalue weighted by Crippen LogP contribution is 2.38. The molecule has 1 aliphatic heterocycles. The first-order valence-corrected chi connectivity index (χ1v) is 8.46. The molecule has 0 aliphatic carbocycles. The van der Waals surface area contributed by atoms with Gasteiger partial charge in [0.2, 0.25) is 0 Å². The van der Waals surface area contributed by atoms with Gasteiger partial charge in [0, 0.05) is 31.8 Å². The predicted octanol–water partition coefficient (Wildman–Crippen LogP) is 3.19. The molecule has 0 unspecified atom stereocenters. The molecule has 1 heterocycles. The molecule has 0 saturated heterocycles. The summed E-state index contributed by atoms with van der Waals surface area (Å²) in [6.07, 6.45) is 0. The average Bonchev–Trinajstić information content (AvgIpc) is 2.77. The Morgan fingerprint density at radius 2 is 2.04 bits per heavy atom. The molecule has 2 aromatic rings. The van der Waals surface area contributed by atoms with Crippen molar-refractivity contribution in [2.45, 2.75) is 20.4 Å². The number of ether oxygens (including phenoxy) is 1. The van der Waals surface area contributed by atoms with E-state index in [4.69, 9.17) is 4.74 Å². The Balaban J connectivity index is 1.95. The summed E-state index contributed by atoms with van der Waals surface area (Å²) >= 11 is 0. The zero-order valence-electron chi connectivity index (χ0n) is 14.3. The van der Waals surface area contributed by atoms with Gasteiger partial charge in [-0.2, -0.15) is 0 Å². The van der Waals surface area contributed by atoms with Crippen molar-refractivity contribution in [3.05, 3.63) is 47.5 Å². The summed E-state index contributed by atoms with van der Waals surface area (Å²) in [6, 6.07) is 12.1. The van der Waals surface area contributed by atoms with Crippen LogP contribution in [-0.2, 0) is 6.54 Å². The highest BCUT2D eigenvalue weighted by molar-refractivity contribution is 5.71. The van der Waals surface area contributed by atoms with Gasteiger partial charge in [0.25, 0.3) is 0 Å². The fourth-order valence-corrected chi connectivity index (χ4v) is 3.26. The van der Waals surface area contributed by atoms with Crippen LogP contribution < -0.4 is 4.74 Å². The van der Waals surface area contributed by atoms with Gasteiger partial charge in [-0.1, -0.05) is 31.2 Å². The zero-order valence-corrected chi connectivity index (χ0v) is 14.3. The summed E-state index contributed by atoms with van der Waals surface area (Å²) < 4.78 is 5.79. The predicted molar refractivity (Wildman–Crippen MR) is 95.3 cm³/mol. The van der Waals surface area contributed by atoms with E-state index in [0.29, 0.717) is 18.9 Å². The largest absolute Gasteiger partial charge is 0.504 e. The standard InChI is InChI=1S/C20H25NO3/c1-14(13-22)11-21-7-8-24-20-17(12-21)9-16(10-19(20)23)18-6-4-3-5-15(18)2/h3-6,9-10,14,22-23H,7-8,11-13H2,1-2H3/t14-/m0/s1. The van der Waals surface area contributed by atoms with Gasteiger partial charge in [0.15, 0.2) is 11.5 Å². The molecule has 0 fully saturated rings. The fourth-order valence-electron chi connectivity index (χ4n) is 3.26. The number of aliphatic hydroxyl groups excluding tert-OH is 1. The van der Waals surface area contributed by atoms with Gasteiger partial charge in [-0.15, -0.1) is 0 Å². The third kappa shape index (κ3) is 3.55. The van der Waals surface area contributed by atoms with Crippen LogP contribution in [0.1, 0.15) is 18.1 Å². The number of aliphatic hydroxyl groups is 1. The number of rotatable bonds is 4. The average molecular weight is 327 g/mol. The Bertz CT molecular complexity index is 714. The smallest absolute Gasteiger partial charge is 0.165 e. The van der Waals surface area contributed by atoms with Crippen molar-refractivity contribution in [2.24, 2.45) is 5.92 Å². The van der Waals surface area contributed by atoms with Crippen LogP contribution in [0.25, 0.3) is 11.1 Å². The van der Waals surface area contributed by atoms with E-state index in [0.717, 1.165) is 29.8 Å². The molecule has 2 aromatic carbocycles. The van der Waals surface area contributed by atoms with Crippen molar-refractivity contribution in [3.63, 3.8) is 0 Å². The van der Waals surface area contributed by atoms with Crippen molar-refractivity contribution in [1.82, 2.24) is 4.90 Å². The maximum atomic E-state index is 10.4. The van der Waals surface area contributed by atoms with E-state index in [9.17, 15) is 10.2 Å². The number of benzene rings is 2. The summed E-state index contributed by atoms with van der Waals surface area (Å²) in [5, 5.41) is 19.7. The van der Waals surface area contributed by atoms with Crippen LogP contribution in [0.4, 0.5) is 0 Å². The van der Waals surface area contributed by atoms with Crippen molar-refractivity contribution >= 4 is 0 Å². The van der Waals surface area contributed by atoms with Crippen LogP contribution in [0.5, 0.6) is 11.5 Å². The molecule has 0 saturated carbocycles. The minimum Gasteiger partial charge on any atom is -0.504 e. The molecule has 24 heavy (non-hydrogen) atoms. The summed E-state index contributed by atoms with van der Waals surface area (Å²) in [5.74, 6) is 1.01. The number of hydrogen-bond acceptors (Lipinski definition) is 4. The Morgan fingerprint density at radius 1 is 1.25 bits per heavy atom. The lowest BCUT2D eigenvalue weighted by Gasteiger charge is -2.22. The van der Waals surface area contributed by atoms with Crippen LogP contribution in [0.3, 0.4) is 0 Å². The molecule has 4 nitrogen and oxygen atoms in total. The summed E-state index contributed by atoms with van der Waals surface area (Å²) in [4.78, 5) is 2.27. The topological polar surface area (TPSA) is 52.9 Å². The molecule has 2 N–H and O–H groups in total. The minimum absolute atomic E-state index is 0.179. The maximum Gasteiger partial charge on any atom is 0.165 e. The molecule has 0 spiro atoms. The van der Waals surface area contributed by atoms with Gasteiger partial charge >= 0.3 is 0 Å². The first kappa shape index (κ1) is 16.8. The zero-order chi connectivity index (χ0) is 17.1. The summed E-state index contributed by atoms with van der Waals surface area (Å²) in [5.41, 5.74) is 4.30. The lowest BCUT2D eigenvalue weighted by molar-refractivity contribution is 0.159. The van der Waals surface area contributed by atoms with Crippen LogP contribution in [0, 0.1) is 12.8 Å². The van der Waals surface area contributed by atoms with Crippen LogP contribution in [0.2, 0.25) is 0 Å². The summed E-state index contributed by atoms with van der Waals surface area (Å²) in [7, 11) is 0. The van der Waals surface area contributed by atoms with Crippen molar-refractivity contribution in [3.8, 4) is 22.6 Å². The monoisotopic (exact) mass is 327 g/mol. The van der Waals surface area contributed by atoms with Gasteiger partial charge in [0.05, 0.1) is 0 Å². The second-order valence-electron chi connectivity index (χ2n) is 6.67. The van der Waals surface area contributed by atoms with E-state index in [1.54, 1.807) is 6.07 Å². The van der Waals surface area contributed by atoms with E-state index in [1.165, 1.54) is 5.56 Å². The minimum atomic E-state index is 0.179. The molecule has 1 atom stereocenters. The van der Waals surface area contributed by atoms with Crippen LogP contribution in [-0.4, -0.2) is 41.4 Å². The second-order valence-corrected chi connectivity index (χ2v) is 6.67. The van der Waals surface area contributed by atoms with Crippen molar-refractivity contribution < 1.29 is 14.9 Å². The molecule has 0 radical (unpaired) electrons. The van der Waals surface area contributed by atoms with E-state index in [2.05, 4.69) is 30.0 Å². The normalized spacial score (nSPS) is 16.1. The molecule has 4 heteroatoms. The number of aryl methyl sites for hydroxylation is 1. The SMILES string of the molecule is Cc1ccccc1-c1cc(O)c2c(c1)CN(C[C@H](C)CO)CCO2. The number of phenolic OH excluding ortho intramolecular Hbond substituents is 1. The fraction of sp³-hybridized carbons (Fsp3) is 0.400. The quantitative estimate of drug-likeness (QED) is 0.905. The van der Waals surface area contributed by atoms with Gasteiger partial charge < -0.3 is 14.9 Å². The molecule has 128 valence electrons. The van der Waals surface area contributed by atoms with Crippen LogP contribution >= 0.6 is 0 Å². The molecule has 0 amide bonds. The Labute approximate surface area is 143 Å². The molecular weight excluding hydrogens is 302 g/mol. The summed E-state index contributed by atoms with van der Waals surface area (Å²) in [6.45, 7) is 7.15. The van der Waals surface area contributed by atoms with E-state index >= 15 is 0 Å². The number of phenols is 1. The van der Waals surface area contributed by atoms with Gasteiger partial charge in [-0.25, -0.2) is 0 Å². The highest BCUT2D eigenvalue weighted by Gasteiger charge is 2.21. The maximum absolute atomic E-state index is 10.4. The van der Waals surface area contributed by atoms with Gasteiger partial charge in [-0.3, -0.25) is 4.90 Å². The Hall–Kier alpha value is -2.04. The third-order valence-electron chi connectivity index (χ3n) is 4.53. The molecule has 0 bridgehead atoms. The van der Waals surface area contributed by atoms with Gasteiger partial charge in [-0.05, 0) is 41.7 Å². The van der Waals surface area contributed by atoms with E-state index in [1.807, 2.05) is 19.1 Å². The van der Waals surface area contributed by atoms with Gasteiger partial charge in [0.1, 0.15) is 6.61 Å². The Morgan fingerprint density at radius 3 is 2.79 bits per heavy atom.